The molecule has 0 saturated heterocycles. The molecule has 0 spiro atoms. The van der Waals surface area contributed by atoms with Gasteiger partial charge in [-0.1, -0.05) is 23.7 Å². The highest BCUT2D eigenvalue weighted by Gasteiger charge is 2.19. The van der Waals surface area contributed by atoms with Gasteiger partial charge in [-0.05, 0) is 34.8 Å². The predicted octanol–water partition coefficient (Wildman–Crippen LogP) is 3.52. The number of anilines is 1. The van der Waals surface area contributed by atoms with Crippen molar-refractivity contribution in [3.05, 3.63) is 74.9 Å². The minimum atomic E-state index is -0.635. The maximum Gasteiger partial charge on any atom is 0.408 e. The molecular weight excluding hydrogens is 400 g/mol. The number of ether oxygens (including phenoxy) is 2. The first kappa shape index (κ1) is 18.8. The van der Waals surface area contributed by atoms with Gasteiger partial charge < -0.3 is 24.9 Å². The number of carbonyl (C=O) groups is 1. The summed E-state index contributed by atoms with van der Waals surface area (Å²) in [7, 11) is 0. The highest BCUT2D eigenvalue weighted by atomic mass is 35.5. The van der Waals surface area contributed by atoms with Gasteiger partial charge in [0.15, 0.2) is 16.5 Å². The molecule has 148 valence electrons. The van der Waals surface area contributed by atoms with Crippen LogP contribution in [0.5, 0.6) is 11.5 Å². The summed E-state index contributed by atoms with van der Waals surface area (Å²) < 4.78 is 12.4. The normalized spacial score (nSPS) is 12.4. The number of carbonyl (C=O) groups excluding carboxylic acids is 1. The number of benzene rings is 2. The summed E-state index contributed by atoms with van der Waals surface area (Å²) in [6, 6.07) is 12.1. The first-order chi connectivity index (χ1) is 14.0. The van der Waals surface area contributed by atoms with Crippen molar-refractivity contribution in [2.45, 2.75) is 6.54 Å². The zero-order valence-electron chi connectivity index (χ0n) is 15.0. The van der Waals surface area contributed by atoms with Gasteiger partial charge in [-0.3, -0.25) is 4.79 Å². The Hall–Kier alpha value is -3.59. The van der Waals surface area contributed by atoms with Crippen LogP contribution < -0.4 is 14.8 Å². The third-order valence-electron chi connectivity index (χ3n) is 4.23. The van der Waals surface area contributed by atoms with E-state index in [0.29, 0.717) is 36.0 Å². The largest absolute Gasteiger partial charge is 0.486 e. The zero-order valence-corrected chi connectivity index (χ0v) is 15.8. The van der Waals surface area contributed by atoms with Crippen LogP contribution in [0.1, 0.15) is 15.9 Å². The van der Waals surface area contributed by atoms with Crippen molar-refractivity contribution in [2.24, 2.45) is 0 Å². The van der Waals surface area contributed by atoms with E-state index < -0.39 is 4.92 Å². The van der Waals surface area contributed by atoms with Gasteiger partial charge in [-0.15, -0.1) is 0 Å². The summed E-state index contributed by atoms with van der Waals surface area (Å²) in [6.45, 7) is 1.26. The topological polar surface area (TPSA) is 109 Å². The van der Waals surface area contributed by atoms with Crippen molar-refractivity contribution in [3.8, 4) is 11.5 Å². The summed E-state index contributed by atoms with van der Waals surface area (Å²) >= 11 is 5.80. The van der Waals surface area contributed by atoms with Crippen LogP contribution in [-0.2, 0) is 6.54 Å². The Kier molecular flexibility index (Phi) is 5.05. The number of aromatic nitrogens is 2. The summed E-state index contributed by atoms with van der Waals surface area (Å²) in [5, 5.41) is 17.5. The number of hydrogen-bond donors (Lipinski definition) is 1. The lowest BCUT2D eigenvalue weighted by molar-refractivity contribution is -0.389. The van der Waals surface area contributed by atoms with E-state index >= 15 is 0 Å². The van der Waals surface area contributed by atoms with E-state index in [0.717, 1.165) is 5.56 Å². The minimum absolute atomic E-state index is 0.0228. The van der Waals surface area contributed by atoms with Gasteiger partial charge in [0.1, 0.15) is 13.2 Å². The number of hydrogen-bond acceptors (Lipinski definition) is 6. The van der Waals surface area contributed by atoms with Gasteiger partial charge in [0, 0.05) is 17.3 Å². The van der Waals surface area contributed by atoms with Gasteiger partial charge >= 0.3 is 5.82 Å². The van der Waals surface area contributed by atoms with Crippen molar-refractivity contribution in [3.63, 3.8) is 0 Å². The second-order valence-electron chi connectivity index (χ2n) is 6.26. The molecular formula is C19H15ClN4O5. The maximum atomic E-state index is 12.5. The Balaban J connectivity index is 1.43. The fraction of sp³-hybridized carbons (Fsp3) is 0.158. The highest BCUT2D eigenvalue weighted by molar-refractivity contribution is 6.32. The van der Waals surface area contributed by atoms with Crippen LogP contribution in [0.4, 0.5) is 11.5 Å². The van der Waals surface area contributed by atoms with Crippen molar-refractivity contribution in [2.75, 3.05) is 18.5 Å². The lowest BCUT2D eigenvalue weighted by Gasteiger charge is -2.19. The van der Waals surface area contributed by atoms with E-state index in [1.54, 1.807) is 42.5 Å². The fourth-order valence-electron chi connectivity index (χ4n) is 2.86. The average molecular weight is 415 g/mol. The van der Waals surface area contributed by atoms with Crippen LogP contribution in [0.15, 0.2) is 48.7 Å². The van der Waals surface area contributed by atoms with Crippen LogP contribution in [-0.4, -0.2) is 33.8 Å². The van der Waals surface area contributed by atoms with Crippen LogP contribution in [0.2, 0.25) is 5.02 Å². The number of fused-ring (bicyclic) bond motifs is 1. The molecule has 3 aromatic rings. The number of nitro groups is 1. The number of nitrogens with one attached hydrogen (secondary N) is 1. The van der Waals surface area contributed by atoms with Crippen LogP contribution in [0.25, 0.3) is 0 Å². The molecule has 1 aromatic heterocycles. The number of rotatable bonds is 5. The summed E-state index contributed by atoms with van der Waals surface area (Å²) in [4.78, 5) is 22.7. The Labute approximate surface area is 170 Å². The van der Waals surface area contributed by atoms with Gasteiger partial charge in [0.2, 0.25) is 0 Å². The molecule has 2 heterocycles. The molecule has 0 bridgehead atoms. The third-order valence-corrected chi connectivity index (χ3v) is 4.50. The van der Waals surface area contributed by atoms with E-state index in [2.05, 4.69) is 10.4 Å². The lowest BCUT2D eigenvalue weighted by Crippen LogP contribution is -2.16. The van der Waals surface area contributed by atoms with Gasteiger partial charge in [-0.25, -0.2) is 0 Å². The minimum Gasteiger partial charge on any atom is -0.486 e. The van der Waals surface area contributed by atoms with Crippen LogP contribution in [0.3, 0.4) is 0 Å². The fourth-order valence-corrected chi connectivity index (χ4v) is 3.08. The molecule has 0 saturated carbocycles. The molecule has 4 rings (SSSR count). The lowest BCUT2D eigenvalue weighted by atomic mass is 10.1. The van der Waals surface area contributed by atoms with Gasteiger partial charge in [0.05, 0.1) is 17.8 Å². The molecule has 1 amide bonds. The molecule has 1 aliphatic rings. The summed E-state index contributed by atoms with van der Waals surface area (Å²) in [5.74, 6) is 0.585. The Morgan fingerprint density at radius 3 is 2.59 bits per heavy atom. The Morgan fingerprint density at radius 2 is 1.90 bits per heavy atom. The second kappa shape index (κ2) is 7.80. The predicted molar refractivity (Wildman–Crippen MR) is 105 cm³/mol. The summed E-state index contributed by atoms with van der Waals surface area (Å²) in [5.41, 5.74) is 1.88. The van der Waals surface area contributed by atoms with E-state index in [9.17, 15) is 14.9 Å². The quantitative estimate of drug-likeness (QED) is 0.505. The van der Waals surface area contributed by atoms with Gasteiger partial charge in [-0.2, -0.15) is 4.68 Å². The molecule has 10 heteroatoms. The van der Waals surface area contributed by atoms with Crippen LogP contribution in [0, 0.1) is 10.1 Å². The molecule has 0 fully saturated rings. The van der Waals surface area contributed by atoms with Crippen molar-refractivity contribution in [1.82, 2.24) is 9.78 Å². The van der Waals surface area contributed by atoms with E-state index in [4.69, 9.17) is 21.1 Å². The first-order valence-electron chi connectivity index (χ1n) is 8.67. The zero-order chi connectivity index (χ0) is 20.4. The maximum absolute atomic E-state index is 12.5. The number of nitrogens with zero attached hydrogens (tertiary/aromatic N) is 3. The third kappa shape index (κ3) is 4.14. The SMILES string of the molecule is O=C(Nc1ccc2c(c1)OCCO2)c1ccc(Cn2cc(Cl)c([N+](=O)[O-])n2)cc1. The number of halogens is 1. The highest BCUT2D eigenvalue weighted by Crippen LogP contribution is 2.32. The van der Waals surface area contributed by atoms with Crippen LogP contribution >= 0.6 is 11.6 Å². The van der Waals surface area contributed by atoms with E-state index in [1.165, 1.54) is 10.9 Å². The summed E-state index contributed by atoms with van der Waals surface area (Å²) in [6.07, 6.45) is 1.39. The molecule has 0 unspecified atom stereocenters. The Bertz CT molecular complexity index is 1080. The molecule has 29 heavy (non-hydrogen) atoms. The monoisotopic (exact) mass is 414 g/mol. The standard InChI is InChI=1S/C19H15ClN4O5/c20-15-11-23(22-18(15)24(26)27)10-12-1-3-13(4-2-12)19(25)21-14-5-6-16-17(9-14)29-8-7-28-16/h1-6,9,11H,7-8,10H2,(H,21,25). The molecule has 2 aromatic carbocycles. The van der Waals surface area contributed by atoms with Crippen molar-refractivity contribution < 1.29 is 19.2 Å². The Morgan fingerprint density at radius 1 is 1.17 bits per heavy atom. The average Bonchev–Trinajstić information content (AvgIpc) is 3.08. The molecule has 1 aliphatic heterocycles. The van der Waals surface area contributed by atoms with E-state index in [1.807, 2.05) is 0 Å². The first-order valence-corrected chi connectivity index (χ1v) is 9.05. The molecule has 0 radical (unpaired) electrons. The van der Waals surface area contributed by atoms with Crippen molar-refractivity contribution >= 4 is 29.0 Å². The molecule has 9 nitrogen and oxygen atoms in total. The molecule has 0 atom stereocenters. The number of amides is 1. The smallest absolute Gasteiger partial charge is 0.408 e. The molecule has 1 N–H and O–H groups in total. The van der Waals surface area contributed by atoms with E-state index in [-0.39, 0.29) is 23.3 Å². The van der Waals surface area contributed by atoms with Gasteiger partial charge in [0.25, 0.3) is 5.91 Å². The molecule has 0 aliphatic carbocycles. The van der Waals surface area contributed by atoms with Crippen molar-refractivity contribution in [1.29, 1.82) is 0 Å². The second-order valence-corrected chi connectivity index (χ2v) is 6.67.